The van der Waals surface area contributed by atoms with Crippen molar-refractivity contribution in [2.75, 3.05) is 44.2 Å². The Morgan fingerprint density at radius 1 is 1.19 bits per heavy atom. The Bertz CT molecular complexity index is 668. The minimum absolute atomic E-state index is 0.0127. The molecule has 0 unspecified atom stereocenters. The Balaban J connectivity index is 1.73. The van der Waals surface area contributed by atoms with Crippen LogP contribution in [-0.4, -0.2) is 67.0 Å². The number of hydrogen-bond acceptors (Lipinski definition) is 4. The van der Waals surface area contributed by atoms with E-state index in [-0.39, 0.29) is 18.4 Å². The zero-order valence-corrected chi connectivity index (χ0v) is 16.0. The van der Waals surface area contributed by atoms with Gasteiger partial charge in [0.25, 0.3) is 5.91 Å². The number of benzene rings is 1. The van der Waals surface area contributed by atoms with E-state index in [1.165, 1.54) is 0 Å². The average molecular weight is 359 g/mol. The van der Waals surface area contributed by atoms with Gasteiger partial charge < -0.3 is 9.64 Å². The van der Waals surface area contributed by atoms with Crippen LogP contribution < -0.4 is 9.64 Å². The number of rotatable bonds is 5. The summed E-state index contributed by atoms with van der Waals surface area (Å²) >= 11 is 0. The van der Waals surface area contributed by atoms with Crippen molar-refractivity contribution in [3.05, 3.63) is 23.8 Å². The van der Waals surface area contributed by atoms with Crippen LogP contribution in [0, 0.1) is 6.92 Å². The Hall–Kier alpha value is -2.08. The van der Waals surface area contributed by atoms with Crippen LogP contribution in [0.25, 0.3) is 0 Å². The molecule has 6 heteroatoms. The predicted molar refractivity (Wildman–Crippen MR) is 102 cm³/mol. The fraction of sp³-hybridized carbons (Fsp3) is 0.600. The Labute approximate surface area is 155 Å². The van der Waals surface area contributed by atoms with Crippen LogP contribution in [0.2, 0.25) is 0 Å². The molecule has 0 radical (unpaired) electrons. The molecular formula is C20H29N3O3. The van der Waals surface area contributed by atoms with Crippen LogP contribution in [-0.2, 0) is 9.59 Å². The molecule has 2 aliphatic heterocycles. The van der Waals surface area contributed by atoms with E-state index in [0.29, 0.717) is 17.9 Å². The fourth-order valence-electron chi connectivity index (χ4n) is 3.63. The number of anilines is 1. The van der Waals surface area contributed by atoms with Crippen molar-refractivity contribution >= 4 is 17.5 Å². The standard InChI is InChI=1S/C20H29N3O3/c1-4-8-21-9-11-22(12-10-21)19(24)14-23-16-13-15(3)6-7-18(16)26-17(5-2)20(23)25/h6-7,13,17H,4-5,8-12,14H2,1-3H3/t17-/m1/s1. The van der Waals surface area contributed by atoms with Crippen LogP contribution in [0.3, 0.4) is 0 Å². The van der Waals surface area contributed by atoms with Gasteiger partial charge in [0.15, 0.2) is 6.10 Å². The summed E-state index contributed by atoms with van der Waals surface area (Å²) in [7, 11) is 0. The third kappa shape index (κ3) is 3.85. The van der Waals surface area contributed by atoms with E-state index >= 15 is 0 Å². The summed E-state index contributed by atoms with van der Waals surface area (Å²) in [5.41, 5.74) is 1.75. The van der Waals surface area contributed by atoms with Gasteiger partial charge in [-0.1, -0.05) is 19.9 Å². The van der Waals surface area contributed by atoms with Gasteiger partial charge in [0, 0.05) is 26.2 Å². The average Bonchev–Trinajstić information content (AvgIpc) is 2.65. The number of fused-ring (bicyclic) bond motifs is 1. The van der Waals surface area contributed by atoms with E-state index in [4.69, 9.17) is 4.74 Å². The Morgan fingerprint density at radius 3 is 2.58 bits per heavy atom. The number of nitrogens with zero attached hydrogens (tertiary/aromatic N) is 3. The molecule has 26 heavy (non-hydrogen) atoms. The van der Waals surface area contributed by atoms with Crippen molar-refractivity contribution < 1.29 is 14.3 Å². The zero-order chi connectivity index (χ0) is 18.7. The molecule has 0 saturated carbocycles. The summed E-state index contributed by atoms with van der Waals surface area (Å²) < 4.78 is 5.82. The molecule has 3 rings (SSSR count). The van der Waals surface area contributed by atoms with Gasteiger partial charge in [0.05, 0.1) is 5.69 Å². The van der Waals surface area contributed by atoms with Crippen LogP contribution in [0.4, 0.5) is 5.69 Å². The SMILES string of the molecule is CCCN1CCN(C(=O)CN2C(=O)[C@@H](CC)Oc3ccc(C)cc32)CC1. The largest absolute Gasteiger partial charge is 0.478 e. The number of ether oxygens (including phenoxy) is 1. The molecule has 2 aliphatic rings. The van der Waals surface area contributed by atoms with Gasteiger partial charge in [-0.2, -0.15) is 0 Å². The highest BCUT2D eigenvalue weighted by molar-refractivity contribution is 6.03. The maximum atomic E-state index is 12.8. The van der Waals surface area contributed by atoms with Crippen molar-refractivity contribution in [3.8, 4) is 5.75 Å². The van der Waals surface area contributed by atoms with Crippen molar-refractivity contribution in [2.45, 2.75) is 39.7 Å². The van der Waals surface area contributed by atoms with Crippen LogP contribution in [0.1, 0.15) is 32.3 Å². The second kappa shape index (κ2) is 8.08. The van der Waals surface area contributed by atoms with Crippen molar-refractivity contribution in [1.82, 2.24) is 9.80 Å². The van der Waals surface area contributed by atoms with E-state index in [1.54, 1.807) is 4.90 Å². The molecule has 0 N–H and O–H groups in total. The highest BCUT2D eigenvalue weighted by atomic mass is 16.5. The minimum Gasteiger partial charge on any atom is -0.478 e. The van der Waals surface area contributed by atoms with Crippen LogP contribution >= 0.6 is 0 Å². The highest BCUT2D eigenvalue weighted by Crippen LogP contribution is 2.35. The number of aryl methyl sites for hydroxylation is 1. The summed E-state index contributed by atoms with van der Waals surface area (Å²) in [5.74, 6) is 0.574. The number of carbonyl (C=O) groups is 2. The van der Waals surface area contributed by atoms with E-state index in [9.17, 15) is 9.59 Å². The lowest BCUT2D eigenvalue weighted by Crippen LogP contribution is -2.54. The molecule has 6 nitrogen and oxygen atoms in total. The van der Waals surface area contributed by atoms with Gasteiger partial charge in [0.1, 0.15) is 12.3 Å². The smallest absolute Gasteiger partial charge is 0.268 e. The number of carbonyl (C=O) groups excluding carboxylic acids is 2. The van der Waals surface area contributed by atoms with E-state index in [2.05, 4.69) is 11.8 Å². The lowest BCUT2D eigenvalue weighted by molar-refractivity contribution is -0.134. The highest BCUT2D eigenvalue weighted by Gasteiger charge is 2.35. The molecule has 0 aliphatic carbocycles. The minimum atomic E-state index is -0.514. The first kappa shape index (κ1) is 18.7. The first-order valence-corrected chi connectivity index (χ1v) is 9.62. The van der Waals surface area contributed by atoms with Gasteiger partial charge in [0.2, 0.25) is 5.91 Å². The molecule has 1 atom stereocenters. The van der Waals surface area contributed by atoms with Crippen molar-refractivity contribution in [1.29, 1.82) is 0 Å². The molecule has 1 aromatic carbocycles. The van der Waals surface area contributed by atoms with E-state index in [0.717, 1.165) is 44.7 Å². The fourth-order valence-corrected chi connectivity index (χ4v) is 3.63. The molecule has 0 spiro atoms. The zero-order valence-electron chi connectivity index (χ0n) is 16.0. The molecular weight excluding hydrogens is 330 g/mol. The maximum absolute atomic E-state index is 12.8. The summed E-state index contributed by atoms with van der Waals surface area (Å²) in [6.07, 6.45) is 1.21. The van der Waals surface area contributed by atoms with Crippen molar-refractivity contribution in [3.63, 3.8) is 0 Å². The number of hydrogen-bond donors (Lipinski definition) is 0. The van der Waals surface area contributed by atoms with Crippen LogP contribution in [0.5, 0.6) is 5.75 Å². The second-order valence-corrected chi connectivity index (χ2v) is 7.13. The second-order valence-electron chi connectivity index (χ2n) is 7.13. The summed E-state index contributed by atoms with van der Waals surface area (Å²) in [4.78, 5) is 31.5. The van der Waals surface area contributed by atoms with Crippen LogP contribution in [0.15, 0.2) is 18.2 Å². The first-order chi connectivity index (χ1) is 12.5. The molecule has 2 amide bonds. The van der Waals surface area contributed by atoms with E-state index in [1.807, 2.05) is 36.9 Å². The Morgan fingerprint density at radius 2 is 1.92 bits per heavy atom. The third-order valence-corrected chi connectivity index (χ3v) is 5.14. The van der Waals surface area contributed by atoms with E-state index < -0.39 is 6.10 Å². The van der Waals surface area contributed by atoms with Gasteiger partial charge >= 0.3 is 0 Å². The molecule has 142 valence electrons. The monoisotopic (exact) mass is 359 g/mol. The molecule has 0 aromatic heterocycles. The van der Waals surface area contributed by atoms with Crippen molar-refractivity contribution in [2.24, 2.45) is 0 Å². The first-order valence-electron chi connectivity index (χ1n) is 9.62. The van der Waals surface area contributed by atoms with Gasteiger partial charge in [-0.3, -0.25) is 19.4 Å². The number of piperazine rings is 1. The summed E-state index contributed by atoms with van der Waals surface area (Å²) in [6.45, 7) is 10.5. The predicted octanol–water partition coefficient (Wildman–Crippen LogP) is 2.05. The molecule has 0 bridgehead atoms. The quantitative estimate of drug-likeness (QED) is 0.807. The molecule has 1 fully saturated rings. The summed E-state index contributed by atoms with van der Waals surface area (Å²) in [6, 6.07) is 5.78. The number of amides is 2. The lowest BCUT2D eigenvalue weighted by atomic mass is 10.1. The van der Waals surface area contributed by atoms with Gasteiger partial charge in [-0.05, 0) is 44.0 Å². The molecule has 1 saturated heterocycles. The van der Waals surface area contributed by atoms with Gasteiger partial charge in [-0.25, -0.2) is 0 Å². The topological polar surface area (TPSA) is 53.1 Å². The van der Waals surface area contributed by atoms with Gasteiger partial charge in [-0.15, -0.1) is 0 Å². The summed E-state index contributed by atoms with van der Waals surface area (Å²) in [5, 5.41) is 0. The molecule has 2 heterocycles. The Kier molecular flexibility index (Phi) is 5.81. The lowest BCUT2D eigenvalue weighted by Gasteiger charge is -2.37. The normalized spacial score (nSPS) is 20.7. The maximum Gasteiger partial charge on any atom is 0.268 e. The third-order valence-electron chi connectivity index (χ3n) is 5.14. The molecule has 1 aromatic rings.